The van der Waals surface area contributed by atoms with Crippen LogP contribution in [0.1, 0.15) is 26.5 Å². The Morgan fingerprint density at radius 2 is 1.90 bits per heavy atom. The molecule has 1 heterocycles. The van der Waals surface area contributed by atoms with E-state index in [0.717, 1.165) is 15.7 Å². The summed E-state index contributed by atoms with van der Waals surface area (Å²) in [6, 6.07) is 9.22. The van der Waals surface area contributed by atoms with E-state index < -0.39 is 0 Å². The molecule has 0 unspecified atom stereocenters. The van der Waals surface area contributed by atoms with Crippen molar-refractivity contribution in [3.05, 3.63) is 50.9 Å². The summed E-state index contributed by atoms with van der Waals surface area (Å²) in [4.78, 5) is 19.0. The van der Waals surface area contributed by atoms with Crippen LogP contribution in [0.15, 0.2) is 39.6 Å². The number of nitrogens with one attached hydrogen (secondary N) is 2. The van der Waals surface area contributed by atoms with Crippen LogP contribution < -0.4 is 10.9 Å². The van der Waals surface area contributed by atoms with Gasteiger partial charge in [-0.25, -0.2) is 4.98 Å². The van der Waals surface area contributed by atoms with Gasteiger partial charge in [0.25, 0.3) is 5.56 Å². The zero-order valence-corrected chi connectivity index (χ0v) is 13.4. The molecule has 0 amide bonds. The summed E-state index contributed by atoms with van der Waals surface area (Å²) in [5, 5.41) is 3.33. The Morgan fingerprint density at radius 1 is 1.25 bits per heavy atom. The monoisotopic (exact) mass is 335 g/mol. The number of benzene rings is 1. The number of hydrogen-bond acceptors (Lipinski definition) is 3. The van der Waals surface area contributed by atoms with E-state index in [1.165, 1.54) is 6.07 Å². The molecule has 0 spiro atoms. The van der Waals surface area contributed by atoms with Crippen LogP contribution >= 0.6 is 15.9 Å². The van der Waals surface area contributed by atoms with Gasteiger partial charge < -0.3 is 10.3 Å². The minimum Gasteiger partial charge on any atom is -0.307 e. The normalized spacial score (nSPS) is 11.6. The molecule has 0 radical (unpaired) electrons. The highest BCUT2D eigenvalue weighted by atomic mass is 79.9. The maximum absolute atomic E-state index is 11.7. The van der Waals surface area contributed by atoms with E-state index in [1.54, 1.807) is 0 Å². The molecule has 106 valence electrons. The van der Waals surface area contributed by atoms with Gasteiger partial charge in [0.15, 0.2) is 0 Å². The lowest BCUT2D eigenvalue weighted by atomic mass is 10.1. The van der Waals surface area contributed by atoms with Crippen molar-refractivity contribution in [2.75, 3.05) is 0 Å². The Labute approximate surface area is 126 Å². The van der Waals surface area contributed by atoms with Crippen LogP contribution in [0.2, 0.25) is 0 Å². The Morgan fingerprint density at radius 3 is 2.50 bits per heavy atom. The lowest BCUT2D eigenvalue weighted by Gasteiger charge is -2.20. The van der Waals surface area contributed by atoms with E-state index in [4.69, 9.17) is 0 Å². The quantitative estimate of drug-likeness (QED) is 0.906. The van der Waals surface area contributed by atoms with Crippen LogP contribution in [-0.2, 0) is 6.54 Å². The molecule has 0 saturated carbocycles. The molecule has 2 rings (SSSR count). The Hall–Kier alpha value is -1.46. The first kappa shape index (κ1) is 14.9. The zero-order chi connectivity index (χ0) is 14.8. The number of H-pyrrole nitrogens is 1. The zero-order valence-electron chi connectivity index (χ0n) is 11.8. The van der Waals surface area contributed by atoms with E-state index in [9.17, 15) is 4.79 Å². The van der Waals surface area contributed by atoms with E-state index in [1.807, 2.05) is 24.3 Å². The Bertz CT molecular complexity index is 641. The minimum atomic E-state index is -0.136. The second-order valence-corrected chi connectivity index (χ2v) is 6.61. The molecule has 2 aromatic rings. The summed E-state index contributed by atoms with van der Waals surface area (Å²) in [7, 11) is 0. The number of aromatic amines is 1. The third-order valence-corrected chi connectivity index (χ3v) is 3.24. The van der Waals surface area contributed by atoms with Gasteiger partial charge >= 0.3 is 0 Å². The molecule has 0 saturated heterocycles. The predicted molar refractivity (Wildman–Crippen MR) is 84.6 cm³/mol. The van der Waals surface area contributed by atoms with Crippen LogP contribution in [0.5, 0.6) is 0 Å². The molecule has 0 aliphatic heterocycles. The van der Waals surface area contributed by atoms with Crippen LogP contribution in [0, 0.1) is 0 Å². The summed E-state index contributed by atoms with van der Waals surface area (Å²) in [6.45, 7) is 6.80. The van der Waals surface area contributed by atoms with Gasteiger partial charge in [0.05, 0.1) is 5.69 Å². The van der Waals surface area contributed by atoms with Crippen LogP contribution in [0.3, 0.4) is 0 Å². The topological polar surface area (TPSA) is 57.8 Å². The Balaban J connectivity index is 2.29. The molecule has 0 bridgehead atoms. The summed E-state index contributed by atoms with van der Waals surface area (Å²) in [5.41, 5.74) is 1.48. The smallest absolute Gasteiger partial charge is 0.251 e. The van der Waals surface area contributed by atoms with Crippen molar-refractivity contribution in [2.24, 2.45) is 0 Å². The number of halogens is 1. The fourth-order valence-corrected chi connectivity index (χ4v) is 1.96. The number of nitrogens with zero attached hydrogens (tertiary/aromatic N) is 1. The highest BCUT2D eigenvalue weighted by molar-refractivity contribution is 9.10. The van der Waals surface area contributed by atoms with Crippen molar-refractivity contribution in [2.45, 2.75) is 32.9 Å². The molecule has 5 heteroatoms. The fourth-order valence-electron chi connectivity index (χ4n) is 1.70. The standard InChI is InChI=1S/C15H18BrN3O/c1-15(2,3)17-9-12-8-13(20)19-14(18-12)10-4-6-11(16)7-5-10/h4-8,17H,9H2,1-3H3,(H,18,19,20). The average molecular weight is 336 g/mol. The first-order valence-electron chi connectivity index (χ1n) is 6.45. The molecular weight excluding hydrogens is 318 g/mol. The second-order valence-electron chi connectivity index (χ2n) is 5.70. The molecule has 0 aliphatic carbocycles. The van der Waals surface area contributed by atoms with Crippen molar-refractivity contribution < 1.29 is 0 Å². The maximum atomic E-state index is 11.7. The summed E-state index contributed by atoms with van der Waals surface area (Å²) in [6.07, 6.45) is 0. The van der Waals surface area contributed by atoms with Gasteiger partial charge in [0.1, 0.15) is 5.82 Å². The van der Waals surface area contributed by atoms with Gasteiger partial charge in [-0.05, 0) is 32.9 Å². The molecule has 4 nitrogen and oxygen atoms in total. The SMILES string of the molecule is CC(C)(C)NCc1cc(=O)[nH]c(-c2ccc(Br)cc2)n1. The largest absolute Gasteiger partial charge is 0.307 e. The molecule has 0 fully saturated rings. The molecule has 2 N–H and O–H groups in total. The molecule has 0 atom stereocenters. The van der Waals surface area contributed by atoms with Crippen molar-refractivity contribution >= 4 is 15.9 Å². The molecule has 0 aliphatic rings. The predicted octanol–water partition coefficient (Wildman–Crippen LogP) is 3.09. The third kappa shape index (κ3) is 4.28. The van der Waals surface area contributed by atoms with Crippen molar-refractivity contribution in [3.63, 3.8) is 0 Å². The summed E-state index contributed by atoms with van der Waals surface area (Å²) in [5.74, 6) is 0.593. The summed E-state index contributed by atoms with van der Waals surface area (Å²) >= 11 is 3.39. The highest BCUT2D eigenvalue weighted by Crippen LogP contribution is 2.17. The highest BCUT2D eigenvalue weighted by Gasteiger charge is 2.10. The third-order valence-electron chi connectivity index (χ3n) is 2.71. The van der Waals surface area contributed by atoms with Crippen molar-refractivity contribution in [3.8, 4) is 11.4 Å². The van der Waals surface area contributed by atoms with Crippen molar-refractivity contribution in [1.29, 1.82) is 0 Å². The second kappa shape index (κ2) is 5.89. The lowest BCUT2D eigenvalue weighted by molar-refractivity contribution is 0.421. The number of rotatable bonds is 3. The first-order chi connectivity index (χ1) is 9.33. The fraction of sp³-hybridized carbons (Fsp3) is 0.333. The first-order valence-corrected chi connectivity index (χ1v) is 7.24. The number of hydrogen-bond donors (Lipinski definition) is 2. The maximum Gasteiger partial charge on any atom is 0.251 e. The van der Waals surface area contributed by atoms with Crippen LogP contribution in [-0.4, -0.2) is 15.5 Å². The minimum absolute atomic E-state index is 0.0118. The average Bonchev–Trinajstić information content (AvgIpc) is 2.36. The molecule has 1 aromatic carbocycles. The van der Waals surface area contributed by atoms with Gasteiger partial charge in [0.2, 0.25) is 0 Å². The molecule has 20 heavy (non-hydrogen) atoms. The molecular formula is C15H18BrN3O. The molecule has 1 aromatic heterocycles. The van der Waals surface area contributed by atoms with E-state index in [-0.39, 0.29) is 11.1 Å². The van der Waals surface area contributed by atoms with E-state index >= 15 is 0 Å². The van der Waals surface area contributed by atoms with E-state index in [0.29, 0.717) is 12.4 Å². The Kier molecular flexibility index (Phi) is 4.40. The van der Waals surface area contributed by atoms with Crippen LogP contribution in [0.25, 0.3) is 11.4 Å². The van der Waals surface area contributed by atoms with Crippen LogP contribution in [0.4, 0.5) is 0 Å². The van der Waals surface area contributed by atoms with Crippen molar-refractivity contribution in [1.82, 2.24) is 15.3 Å². The van der Waals surface area contributed by atoms with Gasteiger partial charge in [-0.2, -0.15) is 0 Å². The van der Waals surface area contributed by atoms with Gasteiger partial charge in [0, 0.05) is 28.2 Å². The van der Waals surface area contributed by atoms with Gasteiger partial charge in [-0.15, -0.1) is 0 Å². The summed E-state index contributed by atoms with van der Waals surface area (Å²) < 4.78 is 0.995. The lowest BCUT2D eigenvalue weighted by Crippen LogP contribution is -2.35. The number of aromatic nitrogens is 2. The van der Waals surface area contributed by atoms with E-state index in [2.05, 4.69) is 52.0 Å². The van der Waals surface area contributed by atoms with Gasteiger partial charge in [-0.1, -0.05) is 28.1 Å². The van der Waals surface area contributed by atoms with Gasteiger partial charge in [-0.3, -0.25) is 4.79 Å².